The maximum absolute atomic E-state index is 12.4. The Morgan fingerprint density at radius 1 is 1.18 bits per heavy atom. The Kier molecular flexibility index (Phi) is 6.80. The van der Waals surface area contributed by atoms with Crippen molar-refractivity contribution >= 4 is 35.1 Å². The van der Waals surface area contributed by atoms with E-state index in [1.54, 1.807) is 6.20 Å². The number of nitrogens with zero attached hydrogens (tertiary/aromatic N) is 3. The second kappa shape index (κ2) is 9.49. The van der Waals surface area contributed by atoms with Crippen molar-refractivity contribution in [2.24, 2.45) is 0 Å². The van der Waals surface area contributed by atoms with Crippen molar-refractivity contribution < 1.29 is 4.79 Å². The third-order valence-corrected chi connectivity index (χ3v) is 6.07. The Hall–Kier alpha value is -2.69. The molecular weight excluding hydrogens is 388 g/mol. The summed E-state index contributed by atoms with van der Waals surface area (Å²) in [6, 6.07) is 15.9. The standard InChI is InChI=1S/C21H20N4OS2/c1-15-7-8-17(13-16(15)2)25-11-10-23-21(25)28-14-20(26)24-18-5-3-4-6-19(18)27-12-9-22/h3-8,10-11,13H,12,14H2,1-2H3,(H,24,26). The molecule has 2 aromatic carbocycles. The van der Waals surface area contributed by atoms with Crippen LogP contribution in [0.1, 0.15) is 11.1 Å². The van der Waals surface area contributed by atoms with E-state index in [1.165, 1.54) is 34.7 Å². The van der Waals surface area contributed by atoms with Crippen molar-refractivity contribution in [2.75, 3.05) is 16.8 Å². The van der Waals surface area contributed by atoms with Gasteiger partial charge in [-0.2, -0.15) is 5.26 Å². The van der Waals surface area contributed by atoms with Crippen LogP contribution in [-0.2, 0) is 4.79 Å². The number of benzene rings is 2. The summed E-state index contributed by atoms with van der Waals surface area (Å²) in [6.45, 7) is 4.16. The van der Waals surface area contributed by atoms with Crippen molar-refractivity contribution in [2.45, 2.75) is 23.9 Å². The number of carbonyl (C=O) groups is 1. The van der Waals surface area contributed by atoms with E-state index < -0.39 is 0 Å². The van der Waals surface area contributed by atoms with Crippen molar-refractivity contribution in [1.29, 1.82) is 5.26 Å². The maximum Gasteiger partial charge on any atom is 0.234 e. The Morgan fingerprint density at radius 2 is 2.00 bits per heavy atom. The highest BCUT2D eigenvalue weighted by atomic mass is 32.2. The lowest BCUT2D eigenvalue weighted by Gasteiger charge is -2.11. The predicted octanol–water partition coefficient (Wildman–Crippen LogP) is 4.84. The first kappa shape index (κ1) is 20.1. The SMILES string of the molecule is Cc1ccc(-n2ccnc2SCC(=O)Nc2ccccc2SCC#N)cc1C. The van der Waals surface area contributed by atoms with Crippen molar-refractivity contribution in [3.63, 3.8) is 0 Å². The first-order chi connectivity index (χ1) is 13.6. The third-order valence-electron chi connectivity index (χ3n) is 4.16. The van der Waals surface area contributed by atoms with Gasteiger partial charge in [-0.05, 0) is 49.2 Å². The zero-order valence-corrected chi connectivity index (χ0v) is 17.3. The second-order valence-corrected chi connectivity index (χ2v) is 8.09. The largest absolute Gasteiger partial charge is 0.324 e. The van der Waals surface area contributed by atoms with Crippen LogP contribution in [0.4, 0.5) is 5.69 Å². The number of thioether (sulfide) groups is 2. The molecule has 3 rings (SSSR count). The number of para-hydroxylation sites is 1. The van der Waals surface area contributed by atoms with E-state index in [-0.39, 0.29) is 11.7 Å². The minimum absolute atomic E-state index is 0.107. The number of anilines is 1. The molecule has 1 heterocycles. The van der Waals surface area contributed by atoms with Gasteiger partial charge >= 0.3 is 0 Å². The molecule has 0 bridgehead atoms. The summed E-state index contributed by atoms with van der Waals surface area (Å²) in [5, 5.41) is 12.5. The molecule has 0 atom stereocenters. The first-order valence-corrected chi connectivity index (χ1v) is 10.7. The molecule has 1 amide bonds. The summed E-state index contributed by atoms with van der Waals surface area (Å²) in [5.41, 5.74) is 4.21. The first-order valence-electron chi connectivity index (χ1n) is 8.71. The van der Waals surface area contributed by atoms with Gasteiger partial charge in [0.05, 0.1) is 23.3 Å². The molecule has 0 saturated heterocycles. The van der Waals surface area contributed by atoms with E-state index in [1.807, 2.05) is 35.0 Å². The summed E-state index contributed by atoms with van der Waals surface area (Å²) < 4.78 is 1.99. The minimum Gasteiger partial charge on any atom is -0.324 e. The number of hydrogen-bond acceptors (Lipinski definition) is 5. The zero-order valence-electron chi connectivity index (χ0n) is 15.7. The maximum atomic E-state index is 12.4. The van der Waals surface area contributed by atoms with E-state index in [4.69, 9.17) is 5.26 Å². The molecule has 1 N–H and O–H groups in total. The summed E-state index contributed by atoms with van der Waals surface area (Å²) in [6.07, 6.45) is 3.64. The van der Waals surface area contributed by atoms with Crippen molar-refractivity contribution in [3.8, 4) is 11.8 Å². The molecule has 28 heavy (non-hydrogen) atoms. The number of aryl methyl sites for hydroxylation is 2. The Morgan fingerprint density at radius 3 is 2.79 bits per heavy atom. The topological polar surface area (TPSA) is 70.7 Å². The van der Waals surface area contributed by atoms with Crippen LogP contribution in [0.25, 0.3) is 5.69 Å². The molecule has 0 saturated carbocycles. The molecule has 3 aromatic rings. The van der Waals surface area contributed by atoms with Crippen LogP contribution in [0.2, 0.25) is 0 Å². The minimum atomic E-state index is -0.107. The molecule has 0 aliphatic carbocycles. The highest BCUT2D eigenvalue weighted by molar-refractivity contribution is 8.00. The van der Waals surface area contributed by atoms with E-state index >= 15 is 0 Å². The number of carbonyl (C=O) groups excluding carboxylic acids is 1. The fourth-order valence-electron chi connectivity index (χ4n) is 2.59. The number of imidazole rings is 1. The quantitative estimate of drug-likeness (QED) is 0.567. The third kappa shape index (κ3) is 4.97. The van der Waals surface area contributed by atoms with Gasteiger partial charge in [-0.15, -0.1) is 11.8 Å². The predicted molar refractivity (Wildman–Crippen MR) is 115 cm³/mol. The summed E-state index contributed by atoms with van der Waals surface area (Å²) in [7, 11) is 0. The van der Waals surface area contributed by atoms with Crippen LogP contribution in [0.15, 0.2) is 64.9 Å². The lowest BCUT2D eigenvalue weighted by molar-refractivity contribution is -0.113. The molecule has 0 radical (unpaired) electrons. The molecule has 0 aliphatic rings. The summed E-state index contributed by atoms with van der Waals surface area (Å²) >= 11 is 2.80. The number of nitriles is 1. The Labute approximate surface area is 173 Å². The van der Waals surface area contributed by atoms with Gasteiger partial charge in [0, 0.05) is 23.0 Å². The highest BCUT2D eigenvalue weighted by Gasteiger charge is 2.11. The Balaban J connectivity index is 1.66. The number of rotatable bonds is 7. The van der Waals surface area contributed by atoms with Gasteiger partial charge in [0.1, 0.15) is 0 Å². The van der Waals surface area contributed by atoms with Gasteiger partial charge in [-0.3, -0.25) is 9.36 Å². The van der Waals surface area contributed by atoms with Gasteiger partial charge in [0.15, 0.2) is 5.16 Å². The Bertz CT molecular complexity index is 1020. The van der Waals surface area contributed by atoms with Crippen LogP contribution in [0, 0.1) is 25.2 Å². The van der Waals surface area contributed by atoms with Gasteiger partial charge in [0.2, 0.25) is 5.91 Å². The van der Waals surface area contributed by atoms with Gasteiger partial charge in [-0.1, -0.05) is 30.0 Å². The number of nitrogens with one attached hydrogen (secondary N) is 1. The van der Waals surface area contributed by atoms with Crippen LogP contribution in [-0.4, -0.2) is 27.0 Å². The van der Waals surface area contributed by atoms with Gasteiger partial charge < -0.3 is 5.32 Å². The fraction of sp³-hybridized carbons (Fsp3) is 0.190. The lowest BCUT2D eigenvalue weighted by Crippen LogP contribution is -2.15. The number of amides is 1. The summed E-state index contributed by atoms with van der Waals surface area (Å²) in [4.78, 5) is 17.7. The van der Waals surface area contributed by atoms with E-state index in [0.717, 1.165) is 21.4 Å². The molecule has 142 valence electrons. The lowest BCUT2D eigenvalue weighted by atomic mass is 10.1. The molecule has 5 nitrogen and oxygen atoms in total. The molecule has 0 unspecified atom stereocenters. The molecular formula is C21H20N4OS2. The number of hydrogen-bond donors (Lipinski definition) is 1. The van der Waals surface area contributed by atoms with Crippen LogP contribution in [0.5, 0.6) is 0 Å². The monoisotopic (exact) mass is 408 g/mol. The normalized spacial score (nSPS) is 10.5. The second-order valence-electron chi connectivity index (χ2n) is 6.13. The van der Waals surface area contributed by atoms with Crippen LogP contribution < -0.4 is 5.32 Å². The summed E-state index contributed by atoms with van der Waals surface area (Å²) in [5.74, 6) is 0.485. The van der Waals surface area contributed by atoms with Crippen molar-refractivity contribution in [3.05, 3.63) is 66.0 Å². The fourth-order valence-corrected chi connectivity index (χ4v) is 4.03. The average molecular weight is 409 g/mol. The van der Waals surface area contributed by atoms with Gasteiger partial charge in [0.25, 0.3) is 0 Å². The average Bonchev–Trinajstić information content (AvgIpc) is 3.16. The highest BCUT2D eigenvalue weighted by Crippen LogP contribution is 2.27. The molecule has 0 fully saturated rings. The van der Waals surface area contributed by atoms with E-state index in [2.05, 4.69) is 48.4 Å². The smallest absolute Gasteiger partial charge is 0.234 e. The van der Waals surface area contributed by atoms with Gasteiger partial charge in [-0.25, -0.2) is 4.98 Å². The number of aromatic nitrogens is 2. The zero-order chi connectivity index (χ0) is 19.9. The van der Waals surface area contributed by atoms with Crippen LogP contribution >= 0.6 is 23.5 Å². The molecule has 0 spiro atoms. The molecule has 7 heteroatoms. The van der Waals surface area contributed by atoms with E-state index in [9.17, 15) is 4.79 Å². The molecule has 0 aliphatic heterocycles. The van der Waals surface area contributed by atoms with Crippen molar-refractivity contribution in [1.82, 2.24) is 9.55 Å². The van der Waals surface area contributed by atoms with E-state index in [0.29, 0.717) is 5.75 Å². The molecule has 1 aromatic heterocycles. The van der Waals surface area contributed by atoms with Crippen LogP contribution in [0.3, 0.4) is 0 Å².